The van der Waals surface area contributed by atoms with Gasteiger partial charge in [-0.25, -0.2) is 0 Å². The Hall–Kier alpha value is -0.780. The van der Waals surface area contributed by atoms with Gasteiger partial charge in [-0.3, -0.25) is 0 Å². The molecule has 0 aliphatic rings. The molecule has 0 heteroatoms. The van der Waals surface area contributed by atoms with Crippen molar-refractivity contribution in [2.45, 2.75) is 91.4 Å². The predicted molar refractivity (Wildman–Crippen MR) is 91.6 cm³/mol. The smallest absolute Gasteiger partial charge is 0.0162 e. The highest BCUT2D eigenvalue weighted by molar-refractivity contribution is 5.33. The van der Waals surface area contributed by atoms with Gasteiger partial charge in [0.15, 0.2) is 0 Å². The van der Waals surface area contributed by atoms with Gasteiger partial charge in [-0.05, 0) is 43.7 Å². The van der Waals surface area contributed by atoms with E-state index >= 15 is 0 Å². The van der Waals surface area contributed by atoms with Crippen molar-refractivity contribution >= 4 is 0 Å². The quantitative estimate of drug-likeness (QED) is 0.405. The van der Waals surface area contributed by atoms with Crippen LogP contribution >= 0.6 is 0 Å². The molecule has 1 atom stereocenters. The zero-order valence-corrected chi connectivity index (χ0v) is 14.2. The van der Waals surface area contributed by atoms with Gasteiger partial charge in [0.25, 0.3) is 0 Å². The van der Waals surface area contributed by atoms with Gasteiger partial charge in [0.2, 0.25) is 0 Å². The SMILES string of the molecule is CCCCCCCCCC(CC)c1cc(C)ccc1C. The molecule has 1 rings (SSSR count). The molecular weight excluding hydrogens is 240 g/mol. The van der Waals surface area contributed by atoms with E-state index in [0.717, 1.165) is 5.92 Å². The number of hydrogen-bond donors (Lipinski definition) is 0. The van der Waals surface area contributed by atoms with Crippen molar-refractivity contribution < 1.29 is 0 Å². The van der Waals surface area contributed by atoms with Crippen LogP contribution in [0.1, 0.15) is 94.2 Å². The van der Waals surface area contributed by atoms with Gasteiger partial charge in [0.1, 0.15) is 0 Å². The molecule has 0 bridgehead atoms. The summed E-state index contributed by atoms with van der Waals surface area (Å²) < 4.78 is 0. The lowest BCUT2D eigenvalue weighted by molar-refractivity contribution is 0.524. The van der Waals surface area contributed by atoms with Crippen LogP contribution in [0, 0.1) is 13.8 Å². The van der Waals surface area contributed by atoms with Crippen LogP contribution in [0.2, 0.25) is 0 Å². The lowest BCUT2D eigenvalue weighted by Gasteiger charge is -2.18. The Kier molecular flexibility index (Phi) is 8.65. The van der Waals surface area contributed by atoms with E-state index in [2.05, 4.69) is 45.9 Å². The zero-order valence-electron chi connectivity index (χ0n) is 14.2. The van der Waals surface area contributed by atoms with Crippen LogP contribution in [-0.4, -0.2) is 0 Å². The van der Waals surface area contributed by atoms with Gasteiger partial charge in [-0.2, -0.15) is 0 Å². The minimum absolute atomic E-state index is 0.769. The van der Waals surface area contributed by atoms with Gasteiger partial charge in [-0.1, -0.05) is 82.6 Å². The molecule has 0 aromatic heterocycles. The molecular formula is C20H34. The third-order valence-corrected chi connectivity index (χ3v) is 4.52. The van der Waals surface area contributed by atoms with Crippen LogP contribution < -0.4 is 0 Å². The maximum atomic E-state index is 2.41. The number of unbranched alkanes of at least 4 members (excludes halogenated alkanes) is 6. The molecule has 1 unspecified atom stereocenters. The van der Waals surface area contributed by atoms with E-state index in [1.807, 2.05) is 0 Å². The molecule has 0 nitrogen and oxygen atoms in total. The number of aryl methyl sites for hydroxylation is 2. The second-order valence-corrected chi connectivity index (χ2v) is 6.38. The largest absolute Gasteiger partial charge is 0.0654 e. The highest BCUT2D eigenvalue weighted by Crippen LogP contribution is 2.29. The number of hydrogen-bond acceptors (Lipinski definition) is 0. The number of rotatable bonds is 10. The summed E-state index contributed by atoms with van der Waals surface area (Å²) >= 11 is 0. The van der Waals surface area contributed by atoms with Crippen LogP contribution in [0.5, 0.6) is 0 Å². The summed E-state index contributed by atoms with van der Waals surface area (Å²) in [6, 6.07) is 6.93. The van der Waals surface area contributed by atoms with Crippen LogP contribution in [0.25, 0.3) is 0 Å². The molecule has 1 aromatic carbocycles. The highest BCUT2D eigenvalue weighted by atomic mass is 14.2. The third kappa shape index (κ3) is 6.11. The van der Waals surface area contributed by atoms with Crippen molar-refractivity contribution in [3.05, 3.63) is 34.9 Å². The Morgan fingerprint density at radius 1 is 0.850 bits per heavy atom. The Bertz CT molecular complexity index is 364. The van der Waals surface area contributed by atoms with Crippen molar-refractivity contribution in [1.82, 2.24) is 0 Å². The van der Waals surface area contributed by atoms with Crippen molar-refractivity contribution in [3.8, 4) is 0 Å². The van der Waals surface area contributed by atoms with E-state index in [0.29, 0.717) is 0 Å². The summed E-state index contributed by atoms with van der Waals surface area (Å²) in [4.78, 5) is 0. The Morgan fingerprint density at radius 2 is 1.50 bits per heavy atom. The van der Waals surface area contributed by atoms with E-state index < -0.39 is 0 Å². The van der Waals surface area contributed by atoms with Gasteiger partial charge in [0, 0.05) is 0 Å². The first-order valence-electron chi connectivity index (χ1n) is 8.76. The minimum Gasteiger partial charge on any atom is -0.0654 e. The fraction of sp³-hybridized carbons (Fsp3) is 0.700. The van der Waals surface area contributed by atoms with Gasteiger partial charge in [0.05, 0.1) is 0 Å². The Morgan fingerprint density at radius 3 is 2.15 bits per heavy atom. The highest BCUT2D eigenvalue weighted by Gasteiger charge is 2.11. The van der Waals surface area contributed by atoms with E-state index in [1.54, 1.807) is 5.56 Å². The molecule has 0 radical (unpaired) electrons. The monoisotopic (exact) mass is 274 g/mol. The third-order valence-electron chi connectivity index (χ3n) is 4.52. The average molecular weight is 274 g/mol. The summed E-state index contributed by atoms with van der Waals surface area (Å²) in [6.07, 6.45) is 12.5. The predicted octanol–water partition coefficient (Wildman–Crippen LogP) is 6.94. The van der Waals surface area contributed by atoms with Crippen LogP contribution in [0.3, 0.4) is 0 Å². The average Bonchev–Trinajstić information content (AvgIpc) is 2.45. The summed E-state index contributed by atoms with van der Waals surface area (Å²) in [5, 5.41) is 0. The van der Waals surface area contributed by atoms with Crippen molar-refractivity contribution in [1.29, 1.82) is 0 Å². The van der Waals surface area contributed by atoms with Gasteiger partial charge < -0.3 is 0 Å². The fourth-order valence-corrected chi connectivity index (χ4v) is 3.13. The summed E-state index contributed by atoms with van der Waals surface area (Å²) in [6.45, 7) is 9.11. The van der Waals surface area contributed by atoms with Gasteiger partial charge >= 0.3 is 0 Å². The molecule has 0 aliphatic carbocycles. The van der Waals surface area contributed by atoms with Crippen LogP contribution in [0.4, 0.5) is 0 Å². The minimum atomic E-state index is 0.769. The molecule has 0 saturated heterocycles. The molecule has 0 heterocycles. The van der Waals surface area contributed by atoms with E-state index in [-0.39, 0.29) is 0 Å². The van der Waals surface area contributed by atoms with Crippen molar-refractivity contribution in [2.75, 3.05) is 0 Å². The van der Waals surface area contributed by atoms with E-state index in [9.17, 15) is 0 Å². The lowest BCUT2D eigenvalue weighted by atomic mass is 9.87. The molecule has 1 aromatic rings. The number of benzene rings is 1. The Labute approximate surface area is 127 Å². The normalized spacial score (nSPS) is 12.6. The standard InChI is InChI=1S/C20H34/c1-5-7-8-9-10-11-12-13-19(6-2)20-16-17(3)14-15-18(20)4/h14-16,19H,5-13H2,1-4H3. The Balaban J connectivity index is 2.34. The van der Waals surface area contributed by atoms with Crippen LogP contribution in [0.15, 0.2) is 18.2 Å². The van der Waals surface area contributed by atoms with E-state index in [4.69, 9.17) is 0 Å². The maximum absolute atomic E-state index is 2.41. The first-order chi connectivity index (χ1) is 9.69. The first kappa shape index (κ1) is 17.3. The molecule has 0 N–H and O–H groups in total. The van der Waals surface area contributed by atoms with Gasteiger partial charge in [-0.15, -0.1) is 0 Å². The van der Waals surface area contributed by atoms with Crippen molar-refractivity contribution in [2.24, 2.45) is 0 Å². The molecule has 0 saturated carbocycles. The van der Waals surface area contributed by atoms with E-state index in [1.165, 1.54) is 68.9 Å². The molecule has 0 fully saturated rings. The maximum Gasteiger partial charge on any atom is -0.0162 e. The summed E-state index contributed by atoms with van der Waals surface area (Å²) in [7, 11) is 0. The molecule has 0 aliphatic heterocycles. The second kappa shape index (κ2) is 10.0. The topological polar surface area (TPSA) is 0 Å². The zero-order chi connectivity index (χ0) is 14.8. The molecule has 0 amide bonds. The summed E-state index contributed by atoms with van der Waals surface area (Å²) in [5.41, 5.74) is 4.48. The van der Waals surface area contributed by atoms with Crippen molar-refractivity contribution in [3.63, 3.8) is 0 Å². The second-order valence-electron chi connectivity index (χ2n) is 6.38. The summed E-state index contributed by atoms with van der Waals surface area (Å²) in [5.74, 6) is 0.769. The first-order valence-corrected chi connectivity index (χ1v) is 8.76. The molecule has 0 spiro atoms. The molecule has 114 valence electrons. The molecule has 20 heavy (non-hydrogen) atoms. The van der Waals surface area contributed by atoms with Crippen LogP contribution in [-0.2, 0) is 0 Å². The lowest BCUT2D eigenvalue weighted by Crippen LogP contribution is -2.01. The fourth-order valence-electron chi connectivity index (χ4n) is 3.13.